The molecule has 2 aromatic heterocycles. The molecule has 0 saturated carbocycles. The Morgan fingerprint density at radius 1 is 1.47 bits per heavy atom. The van der Waals surface area contributed by atoms with Gasteiger partial charge in [0.1, 0.15) is 5.69 Å². The van der Waals surface area contributed by atoms with E-state index in [0.29, 0.717) is 17.4 Å². The van der Waals surface area contributed by atoms with Gasteiger partial charge in [-0.25, -0.2) is 4.98 Å². The first-order chi connectivity index (χ1) is 7.31. The Labute approximate surface area is 86.5 Å². The monoisotopic (exact) mass is 205 g/mol. The molecule has 0 aromatic carbocycles. The Morgan fingerprint density at radius 2 is 2.33 bits per heavy atom. The van der Waals surface area contributed by atoms with Crippen molar-refractivity contribution < 1.29 is 4.52 Å². The lowest BCUT2D eigenvalue weighted by molar-refractivity contribution is 0.352. The maximum Gasteiger partial charge on any atom is 0.243 e. The number of aromatic nitrogens is 4. The maximum atomic E-state index is 5.75. The van der Waals surface area contributed by atoms with Crippen LogP contribution in [0.4, 0.5) is 0 Å². The highest BCUT2D eigenvalue weighted by Gasteiger charge is 2.14. The standard InChI is InChI=1S/C9H11N5O/c1-2-6(10)9-13-8(14-15-9)7-5-11-3-4-12-7/h3-6H,2,10H2,1H3. The normalized spacial score (nSPS) is 12.7. The summed E-state index contributed by atoms with van der Waals surface area (Å²) in [7, 11) is 0. The van der Waals surface area contributed by atoms with E-state index in [1.165, 1.54) is 0 Å². The lowest BCUT2D eigenvalue weighted by Crippen LogP contribution is -2.08. The average Bonchev–Trinajstić information content (AvgIpc) is 2.78. The number of hydrogen-bond acceptors (Lipinski definition) is 6. The first-order valence-electron chi connectivity index (χ1n) is 4.67. The second-order valence-electron chi connectivity index (χ2n) is 3.06. The van der Waals surface area contributed by atoms with Gasteiger partial charge in [0.2, 0.25) is 11.7 Å². The van der Waals surface area contributed by atoms with Crippen LogP contribution >= 0.6 is 0 Å². The minimum Gasteiger partial charge on any atom is -0.337 e. The molecule has 0 aliphatic rings. The highest BCUT2D eigenvalue weighted by molar-refractivity contribution is 5.45. The highest BCUT2D eigenvalue weighted by Crippen LogP contribution is 2.15. The number of nitrogens with zero attached hydrogens (tertiary/aromatic N) is 4. The summed E-state index contributed by atoms with van der Waals surface area (Å²) in [5.41, 5.74) is 6.33. The molecule has 0 spiro atoms. The summed E-state index contributed by atoms with van der Waals surface area (Å²) in [6.45, 7) is 1.96. The predicted molar refractivity (Wildman–Crippen MR) is 52.5 cm³/mol. The van der Waals surface area contributed by atoms with E-state index >= 15 is 0 Å². The highest BCUT2D eigenvalue weighted by atomic mass is 16.5. The average molecular weight is 205 g/mol. The zero-order valence-electron chi connectivity index (χ0n) is 8.29. The summed E-state index contributed by atoms with van der Waals surface area (Å²) in [4.78, 5) is 12.1. The van der Waals surface area contributed by atoms with E-state index in [4.69, 9.17) is 10.3 Å². The van der Waals surface area contributed by atoms with Gasteiger partial charge in [-0.05, 0) is 6.42 Å². The van der Waals surface area contributed by atoms with Crippen molar-refractivity contribution >= 4 is 0 Å². The van der Waals surface area contributed by atoms with Crippen LogP contribution in [0.15, 0.2) is 23.1 Å². The fourth-order valence-electron chi connectivity index (χ4n) is 1.08. The van der Waals surface area contributed by atoms with E-state index in [9.17, 15) is 0 Å². The molecule has 2 aromatic rings. The van der Waals surface area contributed by atoms with Gasteiger partial charge in [-0.15, -0.1) is 0 Å². The molecule has 1 unspecified atom stereocenters. The van der Waals surface area contributed by atoms with Crippen LogP contribution < -0.4 is 5.73 Å². The van der Waals surface area contributed by atoms with Crippen LogP contribution in [0.2, 0.25) is 0 Å². The van der Waals surface area contributed by atoms with Crippen LogP contribution in [-0.2, 0) is 0 Å². The van der Waals surface area contributed by atoms with Crippen LogP contribution in [0.3, 0.4) is 0 Å². The number of nitrogens with two attached hydrogens (primary N) is 1. The molecule has 0 aliphatic carbocycles. The molecule has 0 aliphatic heterocycles. The van der Waals surface area contributed by atoms with Gasteiger partial charge in [0.05, 0.1) is 12.2 Å². The third kappa shape index (κ3) is 1.99. The third-order valence-electron chi connectivity index (χ3n) is 1.99. The molecule has 2 heterocycles. The smallest absolute Gasteiger partial charge is 0.243 e. The van der Waals surface area contributed by atoms with Crippen molar-refractivity contribution in [1.82, 2.24) is 20.1 Å². The predicted octanol–water partition coefficient (Wildman–Crippen LogP) is 0.936. The lowest BCUT2D eigenvalue weighted by atomic mass is 10.2. The summed E-state index contributed by atoms with van der Waals surface area (Å²) < 4.78 is 5.02. The Kier molecular flexibility index (Phi) is 2.68. The molecule has 78 valence electrons. The minimum absolute atomic E-state index is 0.220. The van der Waals surface area contributed by atoms with Crippen molar-refractivity contribution in [3.63, 3.8) is 0 Å². The lowest BCUT2D eigenvalue weighted by Gasteiger charge is -1.98. The molecule has 0 radical (unpaired) electrons. The first kappa shape index (κ1) is 9.72. The van der Waals surface area contributed by atoms with E-state index in [1.807, 2.05) is 6.92 Å². The van der Waals surface area contributed by atoms with E-state index in [0.717, 1.165) is 6.42 Å². The molecule has 6 nitrogen and oxygen atoms in total. The SMILES string of the molecule is CCC(N)c1nc(-c2cnccn2)no1. The van der Waals surface area contributed by atoms with E-state index < -0.39 is 0 Å². The van der Waals surface area contributed by atoms with Crippen molar-refractivity contribution in [1.29, 1.82) is 0 Å². The molecule has 0 amide bonds. The Morgan fingerprint density at radius 3 is 3.00 bits per heavy atom. The molecule has 0 bridgehead atoms. The number of rotatable bonds is 3. The Balaban J connectivity index is 2.28. The molecule has 0 saturated heterocycles. The van der Waals surface area contributed by atoms with Crippen molar-refractivity contribution in [3.8, 4) is 11.5 Å². The molecule has 2 N–H and O–H groups in total. The van der Waals surface area contributed by atoms with Crippen LogP contribution in [0, 0.1) is 0 Å². The van der Waals surface area contributed by atoms with Gasteiger partial charge in [0, 0.05) is 12.4 Å². The third-order valence-corrected chi connectivity index (χ3v) is 1.99. The van der Waals surface area contributed by atoms with E-state index in [2.05, 4.69) is 20.1 Å². The van der Waals surface area contributed by atoms with Crippen LogP contribution in [-0.4, -0.2) is 20.1 Å². The maximum absolute atomic E-state index is 5.75. The molecule has 0 fully saturated rings. The van der Waals surface area contributed by atoms with Gasteiger partial charge in [0.25, 0.3) is 0 Å². The van der Waals surface area contributed by atoms with Gasteiger partial charge in [-0.1, -0.05) is 12.1 Å². The van der Waals surface area contributed by atoms with Crippen molar-refractivity contribution in [2.75, 3.05) is 0 Å². The van der Waals surface area contributed by atoms with Gasteiger partial charge in [-0.3, -0.25) is 4.98 Å². The summed E-state index contributed by atoms with van der Waals surface area (Å²) in [5, 5.41) is 3.79. The summed E-state index contributed by atoms with van der Waals surface area (Å²) in [6.07, 6.45) is 5.49. The largest absolute Gasteiger partial charge is 0.337 e. The zero-order chi connectivity index (χ0) is 10.7. The first-order valence-corrected chi connectivity index (χ1v) is 4.67. The number of hydrogen-bond donors (Lipinski definition) is 1. The summed E-state index contributed by atoms with van der Waals surface area (Å²) >= 11 is 0. The fraction of sp³-hybridized carbons (Fsp3) is 0.333. The fourth-order valence-corrected chi connectivity index (χ4v) is 1.08. The second-order valence-corrected chi connectivity index (χ2v) is 3.06. The quantitative estimate of drug-likeness (QED) is 0.801. The zero-order valence-corrected chi connectivity index (χ0v) is 8.29. The molecule has 2 rings (SSSR count). The van der Waals surface area contributed by atoms with E-state index in [1.54, 1.807) is 18.6 Å². The summed E-state index contributed by atoms with van der Waals surface area (Å²) in [5.74, 6) is 0.847. The van der Waals surface area contributed by atoms with Gasteiger partial charge >= 0.3 is 0 Å². The topological polar surface area (TPSA) is 90.7 Å². The second kappa shape index (κ2) is 4.14. The van der Waals surface area contributed by atoms with Crippen molar-refractivity contribution in [3.05, 3.63) is 24.5 Å². The van der Waals surface area contributed by atoms with Crippen LogP contribution in [0.1, 0.15) is 25.3 Å². The summed E-state index contributed by atoms with van der Waals surface area (Å²) in [6, 6.07) is -0.220. The van der Waals surface area contributed by atoms with E-state index in [-0.39, 0.29) is 6.04 Å². The van der Waals surface area contributed by atoms with Gasteiger partial charge in [0.15, 0.2) is 0 Å². The molecular weight excluding hydrogens is 194 g/mol. The minimum atomic E-state index is -0.220. The van der Waals surface area contributed by atoms with Crippen molar-refractivity contribution in [2.45, 2.75) is 19.4 Å². The molecule has 15 heavy (non-hydrogen) atoms. The molecule has 6 heteroatoms. The molecule has 1 atom stereocenters. The van der Waals surface area contributed by atoms with Gasteiger partial charge in [-0.2, -0.15) is 4.98 Å². The molecular formula is C9H11N5O. The van der Waals surface area contributed by atoms with Crippen LogP contribution in [0.25, 0.3) is 11.5 Å². The van der Waals surface area contributed by atoms with Crippen molar-refractivity contribution in [2.24, 2.45) is 5.73 Å². The van der Waals surface area contributed by atoms with Crippen LogP contribution in [0.5, 0.6) is 0 Å². The Bertz CT molecular complexity index is 427. The Hall–Kier alpha value is -1.82. The van der Waals surface area contributed by atoms with Gasteiger partial charge < -0.3 is 10.3 Å².